The topological polar surface area (TPSA) is 72.2 Å². The zero-order valence-corrected chi connectivity index (χ0v) is 8.57. The van der Waals surface area contributed by atoms with Crippen molar-refractivity contribution in [3.63, 3.8) is 0 Å². The number of carbonyl (C=O) groups excluding carboxylic acids is 2. The van der Waals surface area contributed by atoms with Gasteiger partial charge in [-0.05, 0) is 0 Å². The minimum absolute atomic E-state index is 0.104. The van der Waals surface area contributed by atoms with Crippen LogP contribution in [0.25, 0.3) is 0 Å². The number of ketones is 1. The molecule has 1 rings (SSSR count). The Morgan fingerprint density at radius 1 is 1.33 bits per heavy atom. The highest BCUT2D eigenvalue weighted by Crippen LogP contribution is 2.02. The number of nitrogens with two attached hydrogens (primary N) is 1. The van der Waals surface area contributed by atoms with Crippen LogP contribution in [0.5, 0.6) is 0 Å². The smallest absolute Gasteiger partial charge is 0.217 e. The fourth-order valence-electron chi connectivity index (χ4n) is 1.28. The number of nitrogens with one attached hydrogen (secondary N) is 1. The van der Waals surface area contributed by atoms with E-state index in [0.29, 0.717) is 5.56 Å². The molecule has 1 atom stereocenters. The standard InChI is InChI=1S/C11H14N2O2/c1-8(14)13-10(7-12)11(15)9-5-3-2-4-6-9/h2-6,10H,7,12H2,1H3,(H,13,14). The molecule has 4 heteroatoms. The van der Waals surface area contributed by atoms with Crippen molar-refractivity contribution in [1.82, 2.24) is 5.32 Å². The van der Waals surface area contributed by atoms with Crippen LogP contribution in [0.15, 0.2) is 30.3 Å². The van der Waals surface area contributed by atoms with Gasteiger partial charge in [0.15, 0.2) is 5.78 Å². The van der Waals surface area contributed by atoms with E-state index < -0.39 is 6.04 Å². The lowest BCUT2D eigenvalue weighted by Crippen LogP contribution is -2.44. The van der Waals surface area contributed by atoms with Gasteiger partial charge >= 0.3 is 0 Å². The van der Waals surface area contributed by atoms with Gasteiger partial charge < -0.3 is 11.1 Å². The van der Waals surface area contributed by atoms with Gasteiger partial charge in [-0.1, -0.05) is 30.3 Å². The number of benzene rings is 1. The van der Waals surface area contributed by atoms with Crippen molar-refractivity contribution in [3.8, 4) is 0 Å². The molecule has 0 saturated carbocycles. The van der Waals surface area contributed by atoms with E-state index in [-0.39, 0.29) is 18.2 Å². The van der Waals surface area contributed by atoms with E-state index in [9.17, 15) is 9.59 Å². The highest BCUT2D eigenvalue weighted by atomic mass is 16.2. The number of hydrogen-bond donors (Lipinski definition) is 2. The fourth-order valence-corrected chi connectivity index (χ4v) is 1.28. The first-order valence-electron chi connectivity index (χ1n) is 4.71. The Morgan fingerprint density at radius 3 is 2.40 bits per heavy atom. The monoisotopic (exact) mass is 206 g/mol. The SMILES string of the molecule is CC(=O)NC(CN)C(=O)c1ccccc1. The second-order valence-corrected chi connectivity index (χ2v) is 3.22. The third-order valence-electron chi connectivity index (χ3n) is 1.99. The first-order valence-corrected chi connectivity index (χ1v) is 4.71. The molecule has 0 bridgehead atoms. The zero-order chi connectivity index (χ0) is 11.3. The van der Waals surface area contributed by atoms with Crippen LogP contribution in [0, 0.1) is 0 Å². The lowest BCUT2D eigenvalue weighted by molar-refractivity contribution is -0.119. The van der Waals surface area contributed by atoms with Crippen LogP contribution in [0.4, 0.5) is 0 Å². The molecule has 3 N–H and O–H groups in total. The maximum absolute atomic E-state index is 11.8. The summed E-state index contributed by atoms with van der Waals surface area (Å²) in [6, 6.07) is 8.14. The molecular weight excluding hydrogens is 192 g/mol. The zero-order valence-electron chi connectivity index (χ0n) is 8.57. The van der Waals surface area contributed by atoms with Gasteiger partial charge in [0, 0.05) is 19.0 Å². The molecule has 0 heterocycles. The van der Waals surface area contributed by atoms with E-state index in [0.717, 1.165) is 0 Å². The van der Waals surface area contributed by atoms with E-state index in [1.54, 1.807) is 24.3 Å². The Kier molecular flexibility index (Phi) is 4.00. The number of carbonyl (C=O) groups is 2. The van der Waals surface area contributed by atoms with Crippen LogP contribution in [-0.4, -0.2) is 24.3 Å². The maximum Gasteiger partial charge on any atom is 0.217 e. The maximum atomic E-state index is 11.8. The van der Waals surface area contributed by atoms with Crippen LogP contribution < -0.4 is 11.1 Å². The number of rotatable bonds is 4. The predicted molar refractivity (Wildman–Crippen MR) is 57.4 cm³/mol. The normalized spacial score (nSPS) is 11.9. The molecular formula is C11H14N2O2. The van der Waals surface area contributed by atoms with Gasteiger partial charge in [0.1, 0.15) is 6.04 Å². The largest absolute Gasteiger partial charge is 0.345 e. The summed E-state index contributed by atoms with van der Waals surface area (Å²) in [5.41, 5.74) is 5.98. The third-order valence-corrected chi connectivity index (χ3v) is 1.99. The predicted octanol–water partition coefficient (Wildman–Crippen LogP) is 0.333. The Morgan fingerprint density at radius 2 is 1.93 bits per heavy atom. The number of hydrogen-bond acceptors (Lipinski definition) is 3. The average molecular weight is 206 g/mol. The third kappa shape index (κ3) is 3.18. The molecule has 1 unspecified atom stereocenters. The molecule has 80 valence electrons. The minimum atomic E-state index is -0.634. The Labute approximate surface area is 88.5 Å². The molecule has 0 radical (unpaired) electrons. The highest BCUT2D eigenvalue weighted by Gasteiger charge is 2.18. The van der Waals surface area contributed by atoms with Gasteiger partial charge in [0.2, 0.25) is 5.91 Å². The van der Waals surface area contributed by atoms with Crippen molar-refractivity contribution in [3.05, 3.63) is 35.9 Å². The molecule has 0 aliphatic heterocycles. The summed E-state index contributed by atoms with van der Waals surface area (Å²) in [4.78, 5) is 22.6. The average Bonchev–Trinajstić information content (AvgIpc) is 2.26. The molecule has 4 nitrogen and oxygen atoms in total. The first kappa shape index (κ1) is 11.4. The van der Waals surface area contributed by atoms with Crippen LogP contribution in [0.1, 0.15) is 17.3 Å². The van der Waals surface area contributed by atoms with E-state index in [2.05, 4.69) is 5.32 Å². The van der Waals surface area contributed by atoms with Crippen LogP contribution in [0.3, 0.4) is 0 Å². The lowest BCUT2D eigenvalue weighted by Gasteiger charge is -2.14. The van der Waals surface area contributed by atoms with Gasteiger partial charge in [-0.2, -0.15) is 0 Å². The summed E-state index contributed by atoms with van der Waals surface area (Å²) in [7, 11) is 0. The van der Waals surface area contributed by atoms with E-state index in [1.807, 2.05) is 6.07 Å². The van der Waals surface area contributed by atoms with Gasteiger partial charge in [-0.3, -0.25) is 9.59 Å². The van der Waals surface area contributed by atoms with Gasteiger partial charge in [0.25, 0.3) is 0 Å². The van der Waals surface area contributed by atoms with Crippen molar-refractivity contribution in [1.29, 1.82) is 0 Å². The minimum Gasteiger partial charge on any atom is -0.345 e. The molecule has 1 amide bonds. The van der Waals surface area contributed by atoms with Crippen molar-refractivity contribution < 1.29 is 9.59 Å². The molecule has 1 aromatic rings. The fraction of sp³-hybridized carbons (Fsp3) is 0.273. The van der Waals surface area contributed by atoms with E-state index in [1.165, 1.54) is 6.92 Å². The second-order valence-electron chi connectivity index (χ2n) is 3.22. The summed E-state index contributed by atoms with van der Waals surface area (Å²) < 4.78 is 0. The Bertz CT molecular complexity index is 349. The summed E-state index contributed by atoms with van der Waals surface area (Å²) in [5, 5.41) is 2.51. The molecule has 0 fully saturated rings. The molecule has 0 aromatic heterocycles. The van der Waals surface area contributed by atoms with E-state index >= 15 is 0 Å². The summed E-state index contributed by atoms with van der Waals surface area (Å²) in [6.45, 7) is 1.47. The molecule has 15 heavy (non-hydrogen) atoms. The Balaban J connectivity index is 2.78. The summed E-state index contributed by atoms with van der Waals surface area (Å²) in [5.74, 6) is -0.414. The van der Waals surface area contributed by atoms with Gasteiger partial charge in [0.05, 0.1) is 0 Å². The lowest BCUT2D eigenvalue weighted by atomic mass is 10.0. The Hall–Kier alpha value is -1.68. The summed E-state index contributed by atoms with van der Waals surface area (Å²) in [6.07, 6.45) is 0. The molecule has 0 saturated heterocycles. The molecule has 0 aliphatic carbocycles. The van der Waals surface area contributed by atoms with Crippen molar-refractivity contribution in [2.45, 2.75) is 13.0 Å². The quantitative estimate of drug-likeness (QED) is 0.697. The second kappa shape index (κ2) is 5.26. The van der Waals surface area contributed by atoms with E-state index in [4.69, 9.17) is 5.73 Å². The summed E-state index contributed by atoms with van der Waals surface area (Å²) >= 11 is 0. The van der Waals surface area contributed by atoms with Crippen molar-refractivity contribution in [2.24, 2.45) is 5.73 Å². The van der Waals surface area contributed by atoms with Gasteiger partial charge in [-0.25, -0.2) is 0 Å². The van der Waals surface area contributed by atoms with Gasteiger partial charge in [-0.15, -0.1) is 0 Å². The van der Waals surface area contributed by atoms with Crippen LogP contribution in [-0.2, 0) is 4.79 Å². The van der Waals surface area contributed by atoms with Crippen molar-refractivity contribution >= 4 is 11.7 Å². The number of Topliss-reactive ketones (excluding diaryl/α,β-unsaturated/α-hetero) is 1. The van der Waals surface area contributed by atoms with Crippen LogP contribution in [0.2, 0.25) is 0 Å². The highest BCUT2D eigenvalue weighted by molar-refractivity contribution is 6.01. The number of amides is 1. The molecule has 0 spiro atoms. The van der Waals surface area contributed by atoms with Crippen LogP contribution >= 0.6 is 0 Å². The van der Waals surface area contributed by atoms with Crippen molar-refractivity contribution in [2.75, 3.05) is 6.54 Å². The molecule has 0 aliphatic rings. The first-order chi connectivity index (χ1) is 7.15. The molecule has 1 aromatic carbocycles.